The molecule has 1 fully saturated rings. The third kappa shape index (κ3) is 3.68. The van der Waals surface area contributed by atoms with Crippen molar-refractivity contribution in [3.8, 4) is 9.88 Å². The summed E-state index contributed by atoms with van der Waals surface area (Å²) in [5, 5.41) is 7.76. The molecule has 1 atom stereocenters. The largest absolute Gasteiger partial charge is 0.468 e. The molecule has 25 heavy (non-hydrogen) atoms. The standard InChI is InChI=1S/C18H19N3O2S2/c22-17(13-12-25-18(20-13)16-6-4-10-24-16)19-11-14(15-5-3-9-23-15)21-7-1-2-8-21/h3-6,9-10,12,14H,1-2,7-8,11H2,(H,19,22)/t14-/m0/s1. The van der Waals surface area contributed by atoms with Gasteiger partial charge >= 0.3 is 0 Å². The number of hydrogen-bond donors (Lipinski definition) is 1. The van der Waals surface area contributed by atoms with Gasteiger partial charge in [-0.3, -0.25) is 9.69 Å². The fourth-order valence-electron chi connectivity index (χ4n) is 3.12. The third-order valence-corrected chi connectivity index (χ3v) is 6.26. The van der Waals surface area contributed by atoms with Gasteiger partial charge in [-0.2, -0.15) is 0 Å². The molecule has 0 aliphatic carbocycles. The van der Waals surface area contributed by atoms with E-state index in [2.05, 4.69) is 15.2 Å². The highest BCUT2D eigenvalue weighted by Gasteiger charge is 2.26. The minimum atomic E-state index is -0.130. The summed E-state index contributed by atoms with van der Waals surface area (Å²) in [4.78, 5) is 20.4. The molecule has 1 aliphatic rings. The second kappa shape index (κ2) is 7.51. The van der Waals surface area contributed by atoms with Crippen LogP contribution in [0.1, 0.15) is 35.1 Å². The molecule has 0 spiro atoms. The van der Waals surface area contributed by atoms with E-state index in [-0.39, 0.29) is 11.9 Å². The van der Waals surface area contributed by atoms with Crippen LogP contribution in [0.3, 0.4) is 0 Å². The summed E-state index contributed by atoms with van der Waals surface area (Å²) in [6, 6.07) is 7.97. The predicted octanol–water partition coefficient (Wildman–Crippen LogP) is 4.03. The van der Waals surface area contributed by atoms with Crippen molar-refractivity contribution in [1.82, 2.24) is 15.2 Å². The Morgan fingerprint density at radius 2 is 2.16 bits per heavy atom. The summed E-state index contributed by atoms with van der Waals surface area (Å²) in [5.74, 6) is 0.773. The first kappa shape index (κ1) is 16.5. The van der Waals surface area contributed by atoms with Crippen LogP contribution in [-0.4, -0.2) is 35.4 Å². The van der Waals surface area contributed by atoms with E-state index in [9.17, 15) is 4.79 Å². The second-order valence-electron chi connectivity index (χ2n) is 6.00. The molecule has 1 aliphatic heterocycles. The number of nitrogens with one attached hydrogen (secondary N) is 1. The van der Waals surface area contributed by atoms with E-state index in [1.807, 2.05) is 35.0 Å². The number of carbonyl (C=O) groups excluding carboxylic acids is 1. The van der Waals surface area contributed by atoms with E-state index in [0.717, 1.165) is 28.7 Å². The fourth-order valence-corrected chi connectivity index (χ4v) is 4.73. The first-order valence-corrected chi connectivity index (χ1v) is 10.1. The predicted molar refractivity (Wildman–Crippen MR) is 100 cm³/mol. The van der Waals surface area contributed by atoms with Gasteiger partial charge in [0.25, 0.3) is 5.91 Å². The highest BCUT2D eigenvalue weighted by Crippen LogP contribution is 2.28. The van der Waals surface area contributed by atoms with Crippen molar-refractivity contribution in [2.75, 3.05) is 19.6 Å². The molecular formula is C18H19N3O2S2. The smallest absolute Gasteiger partial charge is 0.270 e. The number of nitrogens with zero attached hydrogens (tertiary/aromatic N) is 2. The Bertz CT molecular complexity index is 805. The number of hydrogen-bond acceptors (Lipinski definition) is 6. The zero-order valence-corrected chi connectivity index (χ0v) is 15.3. The van der Waals surface area contributed by atoms with Gasteiger partial charge in [-0.1, -0.05) is 6.07 Å². The van der Waals surface area contributed by atoms with E-state index in [1.165, 1.54) is 24.2 Å². The van der Waals surface area contributed by atoms with Crippen LogP contribution in [0, 0.1) is 0 Å². The lowest BCUT2D eigenvalue weighted by atomic mass is 10.2. The molecule has 130 valence electrons. The summed E-state index contributed by atoms with van der Waals surface area (Å²) < 4.78 is 5.59. The van der Waals surface area contributed by atoms with Crippen molar-refractivity contribution >= 4 is 28.6 Å². The van der Waals surface area contributed by atoms with E-state index in [0.29, 0.717) is 12.2 Å². The van der Waals surface area contributed by atoms with Crippen molar-refractivity contribution in [2.24, 2.45) is 0 Å². The quantitative estimate of drug-likeness (QED) is 0.709. The minimum Gasteiger partial charge on any atom is -0.468 e. The molecule has 1 saturated heterocycles. The van der Waals surface area contributed by atoms with Crippen LogP contribution < -0.4 is 5.32 Å². The van der Waals surface area contributed by atoms with Gasteiger partial charge in [0.2, 0.25) is 0 Å². The molecule has 1 N–H and O–H groups in total. The lowest BCUT2D eigenvalue weighted by Crippen LogP contribution is -2.36. The molecule has 0 unspecified atom stereocenters. The number of amides is 1. The Kier molecular flexibility index (Phi) is 4.96. The van der Waals surface area contributed by atoms with Crippen LogP contribution in [0.25, 0.3) is 9.88 Å². The molecule has 4 heterocycles. The maximum Gasteiger partial charge on any atom is 0.270 e. The molecule has 4 rings (SSSR count). The zero-order chi connectivity index (χ0) is 17.1. The Balaban J connectivity index is 1.43. The molecule has 3 aromatic rings. The zero-order valence-electron chi connectivity index (χ0n) is 13.7. The highest BCUT2D eigenvalue weighted by atomic mass is 32.1. The number of furan rings is 1. The number of rotatable bonds is 6. The van der Waals surface area contributed by atoms with Gasteiger partial charge < -0.3 is 9.73 Å². The van der Waals surface area contributed by atoms with Crippen LogP contribution in [0.4, 0.5) is 0 Å². The first-order valence-electron chi connectivity index (χ1n) is 8.36. The van der Waals surface area contributed by atoms with Crippen molar-refractivity contribution in [1.29, 1.82) is 0 Å². The van der Waals surface area contributed by atoms with E-state index >= 15 is 0 Å². The maximum atomic E-state index is 12.5. The van der Waals surface area contributed by atoms with Crippen LogP contribution in [0.2, 0.25) is 0 Å². The summed E-state index contributed by atoms with van der Waals surface area (Å²) >= 11 is 3.13. The van der Waals surface area contributed by atoms with Gasteiger partial charge in [-0.15, -0.1) is 22.7 Å². The second-order valence-corrected chi connectivity index (χ2v) is 7.81. The van der Waals surface area contributed by atoms with Crippen molar-refractivity contribution in [3.63, 3.8) is 0 Å². The molecular weight excluding hydrogens is 354 g/mol. The average Bonchev–Trinajstić information content (AvgIpc) is 3.43. The topological polar surface area (TPSA) is 58.4 Å². The molecule has 0 saturated carbocycles. The number of likely N-dealkylation sites (tertiary alicyclic amines) is 1. The normalized spacial score (nSPS) is 16.2. The molecule has 0 aromatic carbocycles. The van der Waals surface area contributed by atoms with Crippen LogP contribution in [0.5, 0.6) is 0 Å². The van der Waals surface area contributed by atoms with Gasteiger partial charge in [0.05, 0.1) is 17.2 Å². The van der Waals surface area contributed by atoms with Crippen molar-refractivity contribution in [3.05, 3.63) is 52.7 Å². The molecule has 3 aromatic heterocycles. The van der Waals surface area contributed by atoms with Gasteiger partial charge in [0.1, 0.15) is 16.5 Å². The first-order chi connectivity index (χ1) is 12.3. The summed E-state index contributed by atoms with van der Waals surface area (Å²) in [6.07, 6.45) is 4.08. The minimum absolute atomic E-state index is 0.0804. The Labute approximate surface area is 154 Å². The van der Waals surface area contributed by atoms with E-state index in [4.69, 9.17) is 4.42 Å². The van der Waals surface area contributed by atoms with Crippen LogP contribution in [-0.2, 0) is 0 Å². The van der Waals surface area contributed by atoms with Gasteiger partial charge in [0, 0.05) is 11.9 Å². The SMILES string of the molecule is O=C(NC[C@@H](c1ccco1)N1CCCC1)c1csc(-c2cccs2)n1. The summed E-state index contributed by atoms with van der Waals surface area (Å²) in [5.41, 5.74) is 0.480. The lowest BCUT2D eigenvalue weighted by Gasteiger charge is -2.25. The molecule has 5 nitrogen and oxygen atoms in total. The van der Waals surface area contributed by atoms with E-state index < -0.39 is 0 Å². The molecule has 0 radical (unpaired) electrons. The van der Waals surface area contributed by atoms with Crippen LogP contribution >= 0.6 is 22.7 Å². The number of thiazole rings is 1. The summed E-state index contributed by atoms with van der Waals surface area (Å²) in [6.45, 7) is 2.61. The molecule has 7 heteroatoms. The number of carbonyl (C=O) groups is 1. The lowest BCUT2D eigenvalue weighted by molar-refractivity contribution is 0.0929. The number of aromatic nitrogens is 1. The Hall–Kier alpha value is -1.96. The van der Waals surface area contributed by atoms with Crippen molar-refractivity contribution < 1.29 is 9.21 Å². The monoisotopic (exact) mass is 373 g/mol. The van der Waals surface area contributed by atoms with Gasteiger partial charge in [-0.05, 0) is 49.5 Å². The van der Waals surface area contributed by atoms with Gasteiger partial charge in [-0.25, -0.2) is 4.98 Å². The third-order valence-electron chi connectivity index (χ3n) is 4.38. The highest BCUT2D eigenvalue weighted by molar-refractivity contribution is 7.20. The van der Waals surface area contributed by atoms with E-state index in [1.54, 1.807) is 17.6 Å². The fraction of sp³-hybridized carbons (Fsp3) is 0.333. The molecule has 0 bridgehead atoms. The van der Waals surface area contributed by atoms with Crippen molar-refractivity contribution in [2.45, 2.75) is 18.9 Å². The van der Waals surface area contributed by atoms with Gasteiger partial charge in [0.15, 0.2) is 0 Å². The Morgan fingerprint density at radius 3 is 2.88 bits per heavy atom. The van der Waals surface area contributed by atoms with Crippen LogP contribution in [0.15, 0.2) is 45.7 Å². The molecule has 1 amide bonds. The Morgan fingerprint density at radius 1 is 1.28 bits per heavy atom. The maximum absolute atomic E-state index is 12.5. The average molecular weight is 374 g/mol. The number of thiophene rings is 1. The summed E-state index contributed by atoms with van der Waals surface area (Å²) in [7, 11) is 0.